The van der Waals surface area contributed by atoms with Crippen LogP contribution in [0.5, 0.6) is 0 Å². The Kier molecular flexibility index (Phi) is 2.85. The van der Waals surface area contributed by atoms with E-state index in [4.69, 9.17) is 5.73 Å². The lowest BCUT2D eigenvalue weighted by atomic mass is 10.1. The molecule has 0 fully saturated rings. The summed E-state index contributed by atoms with van der Waals surface area (Å²) in [6, 6.07) is 4.36. The molecule has 1 aromatic heterocycles. The molecule has 0 radical (unpaired) electrons. The van der Waals surface area contributed by atoms with Gasteiger partial charge in [0.25, 0.3) is 0 Å². The zero-order valence-electron chi connectivity index (χ0n) is 7.83. The Labute approximate surface area is 95.3 Å². The second-order valence-corrected chi connectivity index (χ2v) is 5.22. The van der Waals surface area contributed by atoms with Gasteiger partial charge in [0.05, 0.1) is 15.7 Å². The van der Waals surface area contributed by atoms with E-state index in [1.807, 2.05) is 18.5 Å². The number of nitrogens with two attached hydrogens (primary N) is 1. The zero-order chi connectivity index (χ0) is 10.1. The first-order chi connectivity index (χ1) is 6.66. The third-order valence-corrected chi connectivity index (χ3v) is 3.39. The smallest absolute Gasteiger partial charge is 0.0826 e. The summed E-state index contributed by atoms with van der Waals surface area (Å²) in [7, 11) is 0. The van der Waals surface area contributed by atoms with Gasteiger partial charge in [0.2, 0.25) is 0 Å². The summed E-state index contributed by atoms with van der Waals surface area (Å²) in [5.74, 6) is 0. The number of hydrogen-bond acceptors (Lipinski definition) is 3. The minimum atomic E-state index is 0.189. The van der Waals surface area contributed by atoms with Gasteiger partial charge < -0.3 is 5.73 Å². The van der Waals surface area contributed by atoms with Crippen molar-refractivity contribution in [1.29, 1.82) is 0 Å². The first-order valence-electron chi connectivity index (χ1n) is 4.44. The summed E-state index contributed by atoms with van der Waals surface area (Å²) in [4.78, 5) is 4.30. The topological polar surface area (TPSA) is 38.9 Å². The second-order valence-electron chi connectivity index (χ2n) is 3.45. The first-order valence-corrected chi connectivity index (χ1v) is 6.11. The van der Waals surface area contributed by atoms with Crippen molar-refractivity contribution in [3.63, 3.8) is 0 Å². The van der Waals surface area contributed by atoms with E-state index in [-0.39, 0.29) is 6.04 Å². The molecule has 2 nitrogen and oxygen atoms in total. The fourth-order valence-electron chi connectivity index (χ4n) is 1.50. The SMILES string of the molecule is CC(N)Cc1cc(Br)cc2ncsc12. The molecular formula is C10H11BrN2S. The van der Waals surface area contributed by atoms with Crippen molar-refractivity contribution in [1.82, 2.24) is 4.98 Å². The number of nitrogens with zero attached hydrogens (tertiary/aromatic N) is 1. The molecule has 0 amide bonds. The Balaban J connectivity index is 2.55. The van der Waals surface area contributed by atoms with Gasteiger partial charge in [-0.05, 0) is 31.0 Å². The molecule has 0 spiro atoms. The Morgan fingerprint density at radius 3 is 3.07 bits per heavy atom. The molecule has 74 valence electrons. The lowest BCUT2D eigenvalue weighted by Gasteiger charge is -2.06. The van der Waals surface area contributed by atoms with E-state index >= 15 is 0 Å². The Morgan fingerprint density at radius 1 is 1.57 bits per heavy atom. The summed E-state index contributed by atoms with van der Waals surface area (Å²) < 4.78 is 2.33. The normalized spacial score (nSPS) is 13.4. The van der Waals surface area contributed by atoms with Gasteiger partial charge in [0, 0.05) is 10.5 Å². The van der Waals surface area contributed by atoms with Crippen LogP contribution in [0.25, 0.3) is 10.2 Å². The van der Waals surface area contributed by atoms with Gasteiger partial charge in [-0.25, -0.2) is 4.98 Å². The minimum absolute atomic E-state index is 0.189. The Morgan fingerprint density at radius 2 is 2.36 bits per heavy atom. The number of benzene rings is 1. The third-order valence-electron chi connectivity index (χ3n) is 2.02. The van der Waals surface area contributed by atoms with Crippen molar-refractivity contribution in [2.24, 2.45) is 5.73 Å². The first kappa shape index (κ1) is 10.1. The van der Waals surface area contributed by atoms with Crippen LogP contribution in [0.4, 0.5) is 0 Å². The molecular weight excluding hydrogens is 260 g/mol. The summed E-state index contributed by atoms with van der Waals surface area (Å²) in [5.41, 5.74) is 10.0. The number of rotatable bonds is 2. The summed E-state index contributed by atoms with van der Waals surface area (Å²) in [5, 5.41) is 0. The molecule has 14 heavy (non-hydrogen) atoms. The maximum Gasteiger partial charge on any atom is 0.0826 e. The number of halogens is 1. The van der Waals surface area contributed by atoms with Gasteiger partial charge in [0.1, 0.15) is 0 Å². The average molecular weight is 271 g/mol. The van der Waals surface area contributed by atoms with E-state index in [0.29, 0.717) is 0 Å². The quantitative estimate of drug-likeness (QED) is 0.912. The number of hydrogen-bond donors (Lipinski definition) is 1. The molecule has 2 N–H and O–H groups in total. The van der Waals surface area contributed by atoms with E-state index in [0.717, 1.165) is 16.4 Å². The van der Waals surface area contributed by atoms with E-state index in [1.54, 1.807) is 11.3 Å². The maximum absolute atomic E-state index is 5.80. The largest absolute Gasteiger partial charge is 0.328 e. The lowest BCUT2D eigenvalue weighted by molar-refractivity contribution is 0.742. The standard InChI is InChI=1S/C10H11BrN2S/c1-6(12)2-7-3-8(11)4-9-10(7)14-5-13-9/h3-6H,2,12H2,1H3. The van der Waals surface area contributed by atoms with E-state index in [9.17, 15) is 0 Å². The van der Waals surface area contributed by atoms with Gasteiger partial charge in [-0.1, -0.05) is 15.9 Å². The van der Waals surface area contributed by atoms with Crippen LogP contribution in [0, 0.1) is 0 Å². The summed E-state index contributed by atoms with van der Waals surface area (Å²) >= 11 is 5.16. The fraction of sp³-hybridized carbons (Fsp3) is 0.300. The number of fused-ring (bicyclic) bond motifs is 1. The molecule has 2 rings (SSSR count). The summed E-state index contributed by atoms with van der Waals surface area (Å²) in [6.45, 7) is 2.02. The van der Waals surface area contributed by atoms with Gasteiger partial charge >= 0.3 is 0 Å². The van der Waals surface area contributed by atoms with Crippen molar-refractivity contribution in [3.05, 3.63) is 27.7 Å². The van der Waals surface area contributed by atoms with E-state index in [2.05, 4.69) is 27.0 Å². The number of thiazole rings is 1. The monoisotopic (exact) mass is 270 g/mol. The fourth-order valence-corrected chi connectivity index (χ4v) is 2.79. The molecule has 0 aliphatic heterocycles. The van der Waals surface area contributed by atoms with Crippen molar-refractivity contribution >= 4 is 37.5 Å². The van der Waals surface area contributed by atoms with Gasteiger partial charge in [-0.15, -0.1) is 11.3 Å². The zero-order valence-corrected chi connectivity index (χ0v) is 10.2. The van der Waals surface area contributed by atoms with Gasteiger partial charge in [-0.2, -0.15) is 0 Å². The summed E-state index contributed by atoms with van der Waals surface area (Å²) in [6.07, 6.45) is 0.901. The second kappa shape index (κ2) is 3.96. The van der Waals surface area contributed by atoms with Crippen LogP contribution in [0.15, 0.2) is 22.1 Å². The van der Waals surface area contributed by atoms with Crippen molar-refractivity contribution in [2.75, 3.05) is 0 Å². The molecule has 4 heteroatoms. The van der Waals surface area contributed by atoms with Crippen LogP contribution in [-0.2, 0) is 6.42 Å². The van der Waals surface area contributed by atoms with Crippen LogP contribution in [0.2, 0.25) is 0 Å². The maximum atomic E-state index is 5.80. The molecule has 0 aliphatic rings. The molecule has 0 saturated heterocycles. The minimum Gasteiger partial charge on any atom is -0.328 e. The van der Waals surface area contributed by atoms with E-state index in [1.165, 1.54) is 10.3 Å². The molecule has 0 saturated carbocycles. The Hall–Kier alpha value is -0.450. The van der Waals surface area contributed by atoms with Crippen molar-refractivity contribution in [2.45, 2.75) is 19.4 Å². The van der Waals surface area contributed by atoms with Gasteiger partial charge in [-0.3, -0.25) is 0 Å². The van der Waals surface area contributed by atoms with Gasteiger partial charge in [0.15, 0.2) is 0 Å². The molecule has 0 aliphatic carbocycles. The van der Waals surface area contributed by atoms with Crippen molar-refractivity contribution < 1.29 is 0 Å². The van der Waals surface area contributed by atoms with Crippen LogP contribution >= 0.6 is 27.3 Å². The molecule has 1 aromatic carbocycles. The van der Waals surface area contributed by atoms with Crippen LogP contribution in [-0.4, -0.2) is 11.0 Å². The number of aromatic nitrogens is 1. The van der Waals surface area contributed by atoms with Crippen LogP contribution in [0.3, 0.4) is 0 Å². The Bertz CT molecular complexity index is 450. The van der Waals surface area contributed by atoms with Crippen molar-refractivity contribution in [3.8, 4) is 0 Å². The van der Waals surface area contributed by atoms with Crippen LogP contribution < -0.4 is 5.73 Å². The highest BCUT2D eigenvalue weighted by Gasteiger charge is 2.07. The predicted octanol–water partition coefficient (Wildman–Crippen LogP) is 2.95. The molecule has 1 atom stereocenters. The highest BCUT2D eigenvalue weighted by atomic mass is 79.9. The average Bonchev–Trinajstić information content (AvgIpc) is 2.50. The lowest BCUT2D eigenvalue weighted by Crippen LogP contribution is -2.17. The molecule has 0 bridgehead atoms. The third kappa shape index (κ3) is 1.97. The van der Waals surface area contributed by atoms with Crippen LogP contribution in [0.1, 0.15) is 12.5 Å². The van der Waals surface area contributed by atoms with E-state index < -0.39 is 0 Å². The predicted molar refractivity (Wildman–Crippen MR) is 64.7 cm³/mol. The molecule has 1 heterocycles. The molecule has 1 unspecified atom stereocenters. The molecule has 2 aromatic rings. The highest BCUT2D eigenvalue weighted by Crippen LogP contribution is 2.27. The highest BCUT2D eigenvalue weighted by molar-refractivity contribution is 9.10.